The number of piperidine rings is 1. The van der Waals surface area contributed by atoms with Crippen molar-refractivity contribution in [2.45, 2.75) is 18.9 Å². The second-order valence-electron chi connectivity index (χ2n) is 5.00. The highest BCUT2D eigenvalue weighted by atomic mass is 19.1. The van der Waals surface area contributed by atoms with Crippen molar-refractivity contribution in [2.75, 3.05) is 33.4 Å². The predicted molar refractivity (Wildman–Crippen MR) is 76.9 cm³/mol. The van der Waals surface area contributed by atoms with Gasteiger partial charge in [-0.25, -0.2) is 4.39 Å². The second kappa shape index (κ2) is 7.38. The number of nitrogens with zero attached hydrogens (tertiary/aromatic N) is 1. The van der Waals surface area contributed by atoms with Gasteiger partial charge in [-0.15, -0.1) is 0 Å². The lowest BCUT2D eigenvalue weighted by Gasteiger charge is -2.32. The van der Waals surface area contributed by atoms with Gasteiger partial charge in [0.05, 0.1) is 19.8 Å². The first-order chi connectivity index (χ1) is 10.2. The molecule has 1 aromatic rings. The van der Waals surface area contributed by atoms with Gasteiger partial charge in [0, 0.05) is 25.2 Å². The SMILES string of the molecule is COc1ccc(C(=O)N2CCC(OCCN)CC2)cc1F. The average molecular weight is 296 g/mol. The number of amides is 1. The molecule has 2 N–H and O–H groups in total. The van der Waals surface area contributed by atoms with Gasteiger partial charge in [-0.2, -0.15) is 0 Å². The summed E-state index contributed by atoms with van der Waals surface area (Å²) in [6.07, 6.45) is 1.72. The van der Waals surface area contributed by atoms with Crippen molar-refractivity contribution in [3.63, 3.8) is 0 Å². The van der Waals surface area contributed by atoms with Crippen LogP contribution in [0.15, 0.2) is 18.2 Å². The van der Waals surface area contributed by atoms with Gasteiger partial charge in [0.2, 0.25) is 0 Å². The largest absolute Gasteiger partial charge is 0.494 e. The molecule has 0 unspecified atom stereocenters. The molecule has 116 valence electrons. The van der Waals surface area contributed by atoms with Gasteiger partial charge >= 0.3 is 0 Å². The van der Waals surface area contributed by atoms with Crippen LogP contribution in [0.4, 0.5) is 4.39 Å². The molecular weight excluding hydrogens is 275 g/mol. The van der Waals surface area contributed by atoms with Crippen LogP contribution >= 0.6 is 0 Å². The standard InChI is InChI=1S/C15H21FN2O3/c1-20-14-3-2-11(10-13(14)16)15(19)18-7-4-12(5-8-18)21-9-6-17/h2-3,10,12H,4-9,17H2,1H3. The lowest BCUT2D eigenvalue weighted by molar-refractivity contribution is 0.0121. The maximum atomic E-state index is 13.7. The van der Waals surface area contributed by atoms with Gasteiger partial charge in [-0.05, 0) is 31.0 Å². The molecule has 5 nitrogen and oxygen atoms in total. The van der Waals surface area contributed by atoms with Gasteiger partial charge in [-0.1, -0.05) is 0 Å². The number of halogens is 1. The van der Waals surface area contributed by atoms with E-state index in [1.165, 1.54) is 19.2 Å². The van der Waals surface area contributed by atoms with Gasteiger partial charge in [0.15, 0.2) is 11.6 Å². The number of hydrogen-bond donors (Lipinski definition) is 1. The fourth-order valence-corrected chi connectivity index (χ4v) is 2.44. The lowest BCUT2D eigenvalue weighted by atomic mass is 10.1. The van der Waals surface area contributed by atoms with Crippen LogP contribution in [0.5, 0.6) is 5.75 Å². The number of ether oxygens (including phenoxy) is 2. The zero-order chi connectivity index (χ0) is 15.2. The van der Waals surface area contributed by atoms with Crippen molar-refractivity contribution in [1.29, 1.82) is 0 Å². The zero-order valence-corrected chi connectivity index (χ0v) is 12.2. The van der Waals surface area contributed by atoms with Crippen molar-refractivity contribution in [1.82, 2.24) is 4.90 Å². The highest BCUT2D eigenvalue weighted by molar-refractivity contribution is 5.94. The minimum absolute atomic E-state index is 0.139. The number of nitrogens with two attached hydrogens (primary N) is 1. The molecule has 1 amide bonds. The van der Waals surface area contributed by atoms with E-state index in [-0.39, 0.29) is 17.8 Å². The molecule has 0 spiro atoms. The topological polar surface area (TPSA) is 64.8 Å². The summed E-state index contributed by atoms with van der Waals surface area (Å²) >= 11 is 0. The smallest absolute Gasteiger partial charge is 0.253 e. The number of hydrogen-bond acceptors (Lipinski definition) is 4. The summed E-state index contributed by atoms with van der Waals surface area (Å²) < 4.78 is 24.1. The minimum atomic E-state index is -0.524. The number of rotatable bonds is 5. The first kappa shape index (κ1) is 15.7. The molecule has 0 bridgehead atoms. The Labute approximate surface area is 123 Å². The maximum absolute atomic E-state index is 13.7. The predicted octanol–water partition coefficient (Wildman–Crippen LogP) is 1.41. The van der Waals surface area contributed by atoms with Crippen LogP contribution < -0.4 is 10.5 Å². The Morgan fingerprint density at radius 2 is 2.14 bits per heavy atom. The second-order valence-corrected chi connectivity index (χ2v) is 5.00. The number of methoxy groups -OCH3 is 1. The van der Waals surface area contributed by atoms with E-state index >= 15 is 0 Å². The highest BCUT2D eigenvalue weighted by Gasteiger charge is 2.24. The van der Waals surface area contributed by atoms with Gasteiger partial charge in [-0.3, -0.25) is 4.79 Å². The van der Waals surface area contributed by atoms with Crippen molar-refractivity contribution in [3.8, 4) is 5.75 Å². The average Bonchev–Trinajstić information content (AvgIpc) is 2.52. The summed E-state index contributed by atoms with van der Waals surface area (Å²) in [5.41, 5.74) is 5.74. The fourth-order valence-electron chi connectivity index (χ4n) is 2.44. The van der Waals surface area contributed by atoms with Gasteiger partial charge in [0.25, 0.3) is 5.91 Å². The van der Waals surface area contributed by atoms with E-state index in [4.69, 9.17) is 15.2 Å². The fraction of sp³-hybridized carbons (Fsp3) is 0.533. The van der Waals surface area contributed by atoms with Crippen molar-refractivity contribution in [2.24, 2.45) is 5.73 Å². The Morgan fingerprint density at radius 1 is 1.43 bits per heavy atom. The minimum Gasteiger partial charge on any atom is -0.494 e. The maximum Gasteiger partial charge on any atom is 0.253 e. The Balaban J connectivity index is 1.94. The molecule has 1 fully saturated rings. The molecule has 0 aromatic heterocycles. The molecule has 1 aliphatic rings. The van der Waals surface area contributed by atoms with Crippen LogP contribution in [0.1, 0.15) is 23.2 Å². The van der Waals surface area contributed by atoms with Crippen molar-refractivity contribution in [3.05, 3.63) is 29.6 Å². The Bertz CT molecular complexity index is 488. The van der Waals surface area contributed by atoms with E-state index in [9.17, 15) is 9.18 Å². The first-order valence-corrected chi connectivity index (χ1v) is 7.10. The third-order valence-electron chi connectivity index (χ3n) is 3.60. The van der Waals surface area contributed by atoms with Gasteiger partial charge in [0.1, 0.15) is 0 Å². The normalized spacial score (nSPS) is 16.0. The molecule has 21 heavy (non-hydrogen) atoms. The molecule has 1 aliphatic heterocycles. The summed E-state index contributed by atoms with van der Waals surface area (Å²) in [4.78, 5) is 14.1. The quantitative estimate of drug-likeness (QED) is 0.892. The summed E-state index contributed by atoms with van der Waals surface area (Å²) in [5, 5.41) is 0. The van der Waals surface area contributed by atoms with Crippen LogP contribution in [-0.2, 0) is 4.74 Å². The van der Waals surface area contributed by atoms with Gasteiger partial charge < -0.3 is 20.1 Å². The third-order valence-corrected chi connectivity index (χ3v) is 3.60. The monoisotopic (exact) mass is 296 g/mol. The van der Waals surface area contributed by atoms with Crippen molar-refractivity contribution < 1.29 is 18.7 Å². The van der Waals surface area contributed by atoms with E-state index in [0.717, 1.165) is 12.8 Å². The summed E-state index contributed by atoms with van der Waals surface area (Å²) in [7, 11) is 1.39. The molecule has 2 rings (SSSR count). The van der Waals surface area contributed by atoms with E-state index in [1.54, 1.807) is 11.0 Å². The summed E-state index contributed by atoms with van der Waals surface area (Å²) in [6.45, 7) is 2.27. The van der Waals surface area contributed by atoms with Crippen LogP contribution in [0.3, 0.4) is 0 Å². The first-order valence-electron chi connectivity index (χ1n) is 7.10. The van der Waals surface area contributed by atoms with Crippen LogP contribution in [0.2, 0.25) is 0 Å². The van der Waals surface area contributed by atoms with E-state index in [0.29, 0.717) is 31.8 Å². The molecule has 0 saturated carbocycles. The van der Waals surface area contributed by atoms with Crippen LogP contribution in [0.25, 0.3) is 0 Å². The molecule has 1 aromatic carbocycles. The molecular formula is C15H21FN2O3. The number of carbonyl (C=O) groups excluding carboxylic acids is 1. The molecule has 0 atom stereocenters. The van der Waals surface area contributed by atoms with Crippen molar-refractivity contribution >= 4 is 5.91 Å². The number of likely N-dealkylation sites (tertiary alicyclic amines) is 1. The van der Waals surface area contributed by atoms with Crippen LogP contribution in [-0.4, -0.2) is 50.3 Å². The lowest BCUT2D eigenvalue weighted by Crippen LogP contribution is -2.41. The zero-order valence-electron chi connectivity index (χ0n) is 12.2. The molecule has 0 aliphatic carbocycles. The summed E-state index contributed by atoms with van der Waals surface area (Å²) in [6, 6.07) is 4.28. The Hall–Kier alpha value is -1.66. The third kappa shape index (κ3) is 3.92. The van der Waals surface area contributed by atoms with E-state index in [2.05, 4.69) is 0 Å². The van der Waals surface area contributed by atoms with E-state index in [1.807, 2.05) is 0 Å². The Morgan fingerprint density at radius 3 is 2.71 bits per heavy atom. The molecule has 6 heteroatoms. The molecule has 1 heterocycles. The summed E-state index contributed by atoms with van der Waals surface area (Å²) in [5.74, 6) is -0.543. The number of benzene rings is 1. The van der Waals surface area contributed by atoms with E-state index < -0.39 is 5.82 Å². The van der Waals surface area contributed by atoms with Crippen LogP contribution in [0, 0.1) is 5.82 Å². The molecule has 0 radical (unpaired) electrons. The Kier molecular flexibility index (Phi) is 5.52. The highest BCUT2D eigenvalue weighted by Crippen LogP contribution is 2.21. The number of carbonyl (C=O) groups is 1. The molecule has 1 saturated heterocycles.